The summed E-state index contributed by atoms with van der Waals surface area (Å²) in [6.45, 7) is 1.97. The molecule has 1 aliphatic rings. The van der Waals surface area contributed by atoms with Gasteiger partial charge in [-0.15, -0.1) is 0 Å². The van der Waals surface area contributed by atoms with Gasteiger partial charge < -0.3 is 14.9 Å². The van der Waals surface area contributed by atoms with Gasteiger partial charge in [-0.2, -0.15) is 0 Å². The first-order valence-corrected chi connectivity index (χ1v) is 10.4. The number of hydrogen-bond acceptors (Lipinski definition) is 4. The summed E-state index contributed by atoms with van der Waals surface area (Å²) in [5.74, 6) is 0.209. The molecule has 2 N–H and O–H groups in total. The lowest BCUT2D eigenvalue weighted by atomic mass is 9.83. The van der Waals surface area contributed by atoms with Crippen LogP contribution < -0.4 is 10.9 Å². The fourth-order valence-electron chi connectivity index (χ4n) is 4.44. The number of nitrogens with zero attached hydrogens (tertiary/aromatic N) is 3. The van der Waals surface area contributed by atoms with Crippen LogP contribution in [0.5, 0.6) is 0 Å². The zero-order valence-corrected chi connectivity index (χ0v) is 17.5. The molecule has 4 heterocycles. The Morgan fingerprint density at radius 3 is 3.00 bits per heavy atom. The summed E-state index contributed by atoms with van der Waals surface area (Å²) in [5.41, 5.74) is 5.20. The number of H-pyrrole nitrogens is 1. The van der Waals surface area contributed by atoms with E-state index in [0.29, 0.717) is 11.3 Å². The van der Waals surface area contributed by atoms with Crippen molar-refractivity contribution >= 4 is 22.6 Å². The Kier molecular flexibility index (Phi) is 4.66. The van der Waals surface area contributed by atoms with Gasteiger partial charge in [0, 0.05) is 42.8 Å². The fraction of sp³-hybridized carbons (Fsp3) is 0.250. The van der Waals surface area contributed by atoms with Gasteiger partial charge in [0.1, 0.15) is 11.3 Å². The fourth-order valence-corrected chi connectivity index (χ4v) is 4.44. The zero-order valence-electron chi connectivity index (χ0n) is 17.5. The van der Waals surface area contributed by atoms with Crippen LogP contribution in [-0.4, -0.2) is 25.4 Å². The van der Waals surface area contributed by atoms with Gasteiger partial charge in [0.25, 0.3) is 5.56 Å². The molecule has 0 aliphatic heterocycles. The monoisotopic (exact) mass is 413 g/mol. The van der Waals surface area contributed by atoms with Gasteiger partial charge >= 0.3 is 0 Å². The highest BCUT2D eigenvalue weighted by Crippen LogP contribution is 2.33. The number of fused-ring (bicyclic) bond motifs is 2. The number of anilines is 1. The van der Waals surface area contributed by atoms with E-state index in [1.165, 1.54) is 5.56 Å². The number of carbonyl (C=O) groups excluding carboxylic acids is 1. The third kappa shape index (κ3) is 3.32. The molecule has 0 aromatic carbocycles. The van der Waals surface area contributed by atoms with Crippen LogP contribution in [0, 0.1) is 6.92 Å². The minimum atomic E-state index is -0.224. The van der Waals surface area contributed by atoms with Gasteiger partial charge in [0.05, 0.1) is 11.6 Å². The molecular formula is C24H23N5O2. The summed E-state index contributed by atoms with van der Waals surface area (Å²) in [4.78, 5) is 37.5. The van der Waals surface area contributed by atoms with E-state index in [9.17, 15) is 9.59 Å². The molecule has 0 bridgehead atoms. The summed E-state index contributed by atoms with van der Waals surface area (Å²) in [5, 5.41) is 3.82. The Balaban J connectivity index is 1.51. The first-order valence-electron chi connectivity index (χ1n) is 10.4. The highest BCUT2D eigenvalue weighted by atomic mass is 16.2. The van der Waals surface area contributed by atoms with Gasteiger partial charge in [0.15, 0.2) is 0 Å². The second kappa shape index (κ2) is 7.50. The van der Waals surface area contributed by atoms with Crippen molar-refractivity contribution in [2.75, 3.05) is 5.32 Å². The molecule has 7 heteroatoms. The van der Waals surface area contributed by atoms with Gasteiger partial charge in [0.2, 0.25) is 5.91 Å². The van der Waals surface area contributed by atoms with E-state index in [2.05, 4.69) is 15.3 Å². The molecule has 0 fully saturated rings. The quantitative estimate of drug-likeness (QED) is 0.536. The topological polar surface area (TPSA) is 92.7 Å². The molecule has 4 aromatic rings. The Morgan fingerprint density at radius 1 is 1.26 bits per heavy atom. The molecule has 0 spiro atoms. The predicted molar refractivity (Wildman–Crippen MR) is 120 cm³/mol. The first kappa shape index (κ1) is 19.2. The Hall–Kier alpha value is -3.74. The van der Waals surface area contributed by atoms with Crippen molar-refractivity contribution in [1.82, 2.24) is 19.5 Å². The standard InChI is InChI=1S/C24H23N5O2/c1-14-6-7-20(28-23(30)17-5-3-4-15-8-10-25-12-18(15)17)27-21(14)19-13-29(2)24(31)22-16(19)9-11-26-22/h6-13,17,26H,3-5H2,1-2H3,(H,27,28,30). The normalized spacial score (nSPS) is 15.6. The molecule has 4 aromatic heterocycles. The van der Waals surface area contributed by atoms with E-state index in [0.717, 1.165) is 47.0 Å². The van der Waals surface area contributed by atoms with Crippen molar-refractivity contribution in [3.05, 3.63) is 76.1 Å². The lowest BCUT2D eigenvalue weighted by molar-refractivity contribution is -0.117. The van der Waals surface area contributed by atoms with Crippen molar-refractivity contribution in [3.8, 4) is 11.3 Å². The Labute approximate surface area is 179 Å². The van der Waals surface area contributed by atoms with Gasteiger partial charge in [-0.1, -0.05) is 6.07 Å². The number of aromatic nitrogens is 4. The van der Waals surface area contributed by atoms with E-state index in [4.69, 9.17) is 4.98 Å². The molecule has 5 rings (SSSR count). The van der Waals surface area contributed by atoms with Crippen LogP contribution in [-0.2, 0) is 18.3 Å². The molecule has 31 heavy (non-hydrogen) atoms. The minimum absolute atomic E-state index is 0.0662. The second-order valence-corrected chi connectivity index (χ2v) is 8.10. The maximum atomic E-state index is 13.1. The number of rotatable bonds is 3. The maximum absolute atomic E-state index is 13.1. The molecule has 1 unspecified atom stereocenters. The van der Waals surface area contributed by atoms with Crippen LogP contribution >= 0.6 is 0 Å². The number of carbonyl (C=O) groups is 1. The summed E-state index contributed by atoms with van der Waals surface area (Å²) < 4.78 is 1.55. The van der Waals surface area contributed by atoms with Crippen LogP contribution in [0.4, 0.5) is 5.82 Å². The Morgan fingerprint density at radius 2 is 2.13 bits per heavy atom. The average molecular weight is 413 g/mol. The van der Waals surface area contributed by atoms with E-state index in [1.807, 2.05) is 31.2 Å². The number of aryl methyl sites for hydroxylation is 3. The number of pyridine rings is 3. The number of amides is 1. The third-order valence-corrected chi connectivity index (χ3v) is 6.07. The van der Waals surface area contributed by atoms with Crippen molar-refractivity contribution < 1.29 is 4.79 Å². The largest absolute Gasteiger partial charge is 0.357 e. The first-order chi connectivity index (χ1) is 15.0. The van der Waals surface area contributed by atoms with Crippen molar-refractivity contribution in [1.29, 1.82) is 0 Å². The highest BCUT2D eigenvalue weighted by Gasteiger charge is 2.27. The summed E-state index contributed by atoms with van der Waals surface area (Å²) in [7, 11) is 1.72. The highest BCUT2D eigenvalue weighted by molar-refractivity contribution is 5.97. The van der Waals surface area contributed by atoms with Crippen LogP contribution in [0.15, 0.2) is 53.8 Å². The summed E-state index contributed by atoms with van der Waals surface area (Å²) in [6.07, 6.45) is 9.89. The maximum Gasteiger partial charge on any atom is 0.274 e. The molecule has 1 aliphatic carbocycles. The van der Waals surface area contributed by atoms with Crippen LogP contribution in [0.25, 0.3) is 22.2 Å². The summed E-state index contributed by atoms with van der Waals surface area (Å²) in [6, 6.07) is 7.64. The zero-order chi connectivity index (χ0) is 21.5. The number of nitrogens with one attached hydrogen (secondary N) is 2. The van der Waals surface area contributed by atoms with Gasteiger partial charge in [-0.3, -0.25) is 14.6 Å². The van der Waals surface area contributed by atoms with Gasteiger partial charge in [-0.25, -0.2) is 4.98 Å². The number of hydrogen-bond donors (Lipinski definition) is 2. The predicted octanol–water partition coefficient (Wildman–Crippen LogP) is 3.69. The smallest absolute Gasteiger partial charge is 0.274 e. The van der Waals surface area contributed by atoms with E-state index < -0.39 is 0 Å². The Bertz CT molecular complexity index is 1370. The van der Waals surface area contributed by atoms with Crippen molar-refractivity contribution in [3.63, 3.8) is 0 Å². The molecule has 0 radical (unpaired) electrons. The molecule has 1 atom stereocenters. The second-order valence-electron chi connectivity index (χ2n) is 8.10. The minimum Gasteiger partial charge on any atom is -0.357 e. The van der Waals surface area contributed by atoms with Crippen molar-refractivity contribution in [2.24, 2.45) is 7.05 Å². The number of aromatic amines is 1. The molecule has 1 amide bonds. The van der Waals surface area contributed by atoms with E-state index >= 15 is 0 Å². The molecule has 156 valence electrons. The van der Waals surface area contributed by atoms with Crippen molar-refractivity contribution in [2.45, 2.75) is 32.1 Å². The van der Waals surface area contributed by atoms with Crippen LogP contribution in [0.2, 0.25) is 0 Å². The average Bonchev–Trinajstić information content (AvgIpc) is 3.27. The lowest BCUT2D eigenvalue weighted by Gasteiger charge is -2.24. The van der Waals surface area contributed by atoms with Crippen LogP contribution in [0.3, 0.4) is 0 Å². The van der Waals surface area contributed by atoms with Crippen LogP contribution in [0.1, 0.15) is 35.4 Å². The molecular weight excluding hydrogens is 390 g/mol. The van der Waals surface area contributed by atoms with Gasteiger partial charge in [-0.05, 0) is 61.1 Å². The lowest BCUT2D eigenvalue weighted by Crippen LogP contribution is -2.25. The molecule has 7 nitrogen and oxygen atoms in total. The summed E-state index contributed by atoms with van der Waals surface area (Å²) >= 11 is 0. The SMILES string of the molecule is Cc1ccc(NC(=O)C2CCCc3ccncc32)nc1-c1cn(C)c(=O)c2[nH]ccc12. The third-order valence-electron chi connectivity index (χ3n) is 6.07. The molecule has 0 saturated heterocycles. The van der Waals surface area contributed by atoms with E-state index in [-0.39, 0.29) is 17.4 Å². The molecule has 0 saturated carbocycles. The van der Waals surface area contributed by atoms with E-state index in [1.54, 1.807) is 36.4 Å².